The van der Waals surface area contributed by atoms with E-state index in [9.17, 15) is 0 Å². The number of aromatic amines is 1. The van der Waals surface area contributed by atoms with Crippen LogP contribution in [-0.4, -0.2) is 32.2 Å². The molecule has 34 heavy (non-hydrogen) atoms. The van der Waals surface area contributed by atoms with Gasteiger partial charge in [-0.05, 0) is 53.6 Å². The highest BCUT2D eigenvalue weighted by atomic mass is 16.3. The minimum atomic E-state index is 0.382. The van der Waals surface area contributed by atoms with Gasteiger partial charge in [0.2, 0.25) is 0 Å². The van der Waals surface area contributed by atoms with Gasteiger partial charge in [-0.25, -0.2) is 4.98 Å². The fraction of sp³-hybridized carbons (Fsp3) is 0.214. The standard InChI is InChI=1S/C28H25N5O/c1-16-6-8-29-12-23(16)19-4-5-21-18(3)17(2)11-31-27(22(21)10-19)28-32-25-14-30-13-24(26(25)33-28)20-7-9-34-15-20/h4-10,12-15,17-18H,11H2,1-3H3,(H,32,33). The van der Waals surface area contributed by atoms with E-state index in [1.807, 2.05) is 36.9 Å². The first kappa shape index (κ1) is 20.5. The fourth-order valence-electron chi connectivity index (χ4n) is 4.75. The number of nitrogens with one attached hydrogen (secondary N) is 1. The number of aromatic nitrogens is 4. The maximum absolute atomic E-state index is 5.30. The lowest BCUT2D eigenvalue weighted by Gasteiger charge is -2.19. The van der Waals surface area contributed by atoms with Gasteiger partial charge in [-0.3, -0.25) is 15.0 Å². The quantitative estimate of drug-likeness (QED) is 0.358. The molecule has 0 bridgehead atoms. The molecule has 5 aromatic rings. The smallest absolute Gasteiger partial charge is 0.157 e. The van der Waals surface area contributed by atoms with Crippen molar-refractivity contribution in [2.75, 3.05) is 6.54 Å². The summed E-state index contributed by atoms with van der Waals surface area (Å²) in [5, 5.41) is 0. The fourth-order valence-corrected chi connectivity index (χ4v) is 4.75. The second kappa shape index (κ2) is 8.06. The number of rotatable bonds is 3. The molecular weight excluding hydrogens is 422 g/mol. The number of pyridine rings is 2. The highest BCUT2D eigenvalue weighted by molar-refractivity contribution is 6.14. The topological polar surface area (TPSA) is 80.0 Å². The lowest BCUT2D eigenvalue weighted by atomic mass is 9.84. The van der Waals surface area contributed by atoms with Crippen molar-refractivity contribution in [3.8, 4) is 22.3 Å². The number of hydrogen-bond acceptors (Lipinski definition) is 5. The maximum atomic E-state index is 5.30. The number of imidazole rings is 1. The van der Waals surface area contributed by atoms with Gasteiger partial charge in [0, 0.05) is 47.4 Å². The third-order valence-corrected chi connectivity index (χ3v) is 6.99. The van der Waals surface area contributed by atoms with Crippen LogP contribution >= 0.6 is 0 Å². The molecule has 0 amide bonds. The van der Waals surface area contributed by atoms with Crippen LogP contribution in [0.4, 0.5) is 0 Å². The molecule has 0 radical (unpaired) electrons. The molecule has 0 saturated heterocycles. The first-order valence-electron chi connectivity index (χ1n) is 11.6. The molecule has 6 nitrogen and oxygen atoms in total. The Balaban J connectivity index is 1.54. The number of benzene rings is 1. The third kappa shape index (κ3) is 3.34. The van der Waals surface area contributed by atoms with Gasteiger partial charge in [0.05, 0.1) is 24.2 Å². The van der Waals surface area contributed by atoms with E-state index >= 15 is 0 Å². The maximum Gasteiger partial charge on any atom is 0.157 e. The average molecular weight is 448 g/mol. The van der Waals surface area contributed by atoms with Gasteiger partial charge < -0.3 is 9.40 Å². The average Bonchev–Trinajstić information content (AvgIpc) is 3.52. The molecule has 0 fully saturated rings. The van der Waals surface area contributed by atoms with Crippen LogP contribution < -0.4 is 0 Å². The zero-order valence-corrected chi connectivity index (χ0v) is 19.4. The molecule has 1 aromatic carbocycles. The molecule has 2 unspecified atom stereocenters. The van der Waals surface area contributed by atoms with E-state index in [0.29, 0.717) is 11.8 Å². The Labute approximate surface area is 197 Å². The summed E-state index contributed by atoms with van der Waals surface area (Å²) in [6, 6.07) is 10.7. The molecule has 5 heterocycles. The molecule has 1 aliphatic rings. The molecule has 0 saturated carbocycles. The van der Waals surface area contributed by atoms with E-state index in [1.165, 1.54) is 11.1 Å². The highest BCUT2D eigenvalue weighted by Crippen LogP contribution is 2.35. The molecule has 0 aliphatic carbocycles. The molecule has 4 aromatic heterocycles. The van der Waals surface area contributed by atoms with Crippen LogP contribution in [0.5, 0.6) is 0 Å². The van der Waals surface area contributed by atoms with Crippen molar-refractivity contribution in [2.45, 2.75) is 26.7 Å². The molecule has 6 heteroatoms. The van der Waals surface area contributed by atoms with Crippen molar-refractivity contribution >= 4 is 16.7 Å². The van der Waals surface area contributed by atoms with Crippen LogP contribution in [0.3, 0.4) is 0 Å². The Morgan fingerprint density at radius 2 is 1.82 bits per heavy atom. The Morgan fingerprint density at radius 3 is 2.65 bits per heavy atom. The SMILES string of the molecule is Cc1ccncc1-c1ccc2c(c1)C(c1nc3c(-c4ccoc4)cncc3[nH]1)=NCC(C)C2C. The number of aliphatic imine (C=N–C) groups is 1. The van der Waals surface area contributed by atoms with Gasteiger partial charge in [0.15, 0.2) is 5.82 Å². The summed E-state index contributed by atoms with van der Waals surface area (Å²) >= 11 is 0. The highest BCUT2D eigenvalue weighted by Gasteiger charge is 2.26. The Hall–Kier alpha value is -4.06. The van der Waals surface area contributed by atoms with Gasteiger partial charge in [-0.15, -0.1) is 0 Å². The Bertz CT molecular complexity index is 1530. The van der Waals surface area contributed by atoms with E-state index in [0.717, 1.165) is 56.9 Å². The minimum absolute atomic E-state index is 0.382. The number of aryl methyl sites for hydroxylation is 1. The number of furan rings is 1. The van der Waals surface area contributed by atoms with Crippen LogP contribution in [0.2, 0.25) is 0 Å². The number of fused-ring (bicyclic) bond motifs is 2. The predicted molar refractivity (Wildman–Crippen MR) is 134 cm³/mol. The number of hydrogen-bond donors (Lipinski definition) is 1. The van der Waals surface area contributed by atoms with Gasteiger partial charge in [0.25, 0.3) is 0 Å². The van der Waals surface area contributed by atoms with Crippen molar-refractivity contribution < 1.29 is 4.42 Å². The van der Waals surface area contributed by atoms with E-state index in [-0.39, 0.29) is 0 Å². The van der Waals surface area contributed by atoms with Crippen LogP contribution in [0.25, 0.3) is 33.3 Å². The zero-order chi connectivity index (χ0) is 23.2. The van der Waals surface area contributed by atoms with Gasteiger partial charge >= 0.3 is 0 Å². The zero-order valence-electron chi connectivity index (χ0n) is 19.4. The molecule has 1 N–H and O–H groups in total. The summed E-state index contributed by atoms with van der Waals surface area (Å²) < 4.78 is 5.30. The van der Waals surface area contributed by atoms with Gasteiger partial charge in [-0.2, -0.15) is 0 Å². The first-order chi connectivity index (χ1) is 16.6. The largest absolute Gasteiger partial charge is 0.472 e. The minimum Gasteiger partial charge on any atom is -0.472 e. The molecule has 1 aliphatic heterocycles. The van der Waals surface area contributed by atoms with Crippen molar-refractivity contribution in [3.05, 3.63) is 90.2 Å². The molecular formula is C28H25N5O. The predicted octanol–water partition coefficient (Wildman–Crippen LogP) is 6.18. The van der Waals surface area contributed by atoms with Crippen LogP contribution in [0.1, 0.15) is 42.3 Å². The molecule has 2 atom stereocenters. The van der Waals surface area contributed by atoms with Crippen molar-refractivity contribution in [2.24, 2.45) is 10.9 Å². The van der Waals surface area contributed by atoms with Crippen LogP contribution in [-0.2, 0) is 0 Å². The van der Waals surface area contributed by atoms with Crippen molar-refractivity contribution in [1.82, 2.24) is 19.9 Å². The monoisotopic (exact) mass is 447 g/mol. The Morgan fingerprint density at radius 1 is 0.941 bits per heavy atom. The van der Waals surface area contributed by atoms with E-state index < -0.39 is 0 Å². The summed E-state index contributed by atoms with van der Waals surface area (Å²) in [6.07, 6.45) is 10.8. The summed E-state index contributed by atoms with van der Waals surface area (Å²) in [5.74, 6) is 1.57. The first-order valence-corrected chi connectivity index (χ1v) is 11.6. The van der Waals surface area contributed by atoms with Crippen LogP contribution in [0.15, 0.2) is 77.1 Å². The van der Waals surface area contributed by atoms with Crippen molar-refractivity contribution in [1.29, 1.82) is 0 Å². The lowest BCUT2D eigenvalue weighted by Crippen LogP contribution is -2.10. The lowest BCUT2D eigenvalue weighted by molar-refractivity contribution is 0.504. The summed E-state index contributed by atoms with van der Waals surface area (Å²) in [7, 11) is 0. The summed E-state index contributed by atoms with van der Waals surface area (Å²) in [6.45, 7) is 7.42. The van der Waals surface area contributed by atoms with Gasteiger partial charge in [0.1, 0.15) is 11.2 Å². The second-order valence-electron chi connectivity index (χ2n) is 9.13. The summed E-state index contributed by atoms with van der Waals surface area (Å²) in [5.41, 5.74) is 10.4. The van der Waals surface area contributed by atoms with E-state index in [1.54, 1.807) is 12.5 Å². The molecule has 6 rings (SSSR count). The van der Waals surface area contributed by atoms with Crippen molar-refractivity contribution in [3.63, 3.8) is 0 Å². The normalized spacial score (nSPS) is 17.9. The number of H-pyrrole nitrogens is 1. The second-order valence-corrected chi connectivity index (χ2v) is 9.13. The summed E-state index contributed by atoms with van der Waals surface area (Å²) in [4.78, 5) is 22.4. The molecule has 168 valence electrons. The van der Waals surface area contributed by atoms with Gasteiger partial charge in [-0.1, -0.05) is 26.0 Å². The number of nitrogens with zero attached hydrogens (tertiary/aromatic N) is 4. The van der Waals surface area contributed by atoms with E-state index in [2.05, 4.69) is 53.9 Å². The van der Waals surface area contributed by atoms with Crippen LogP contribution in [0, 0.1) is 12.8 Å². The molecule has 0 spiro atoms. The van der Waals surface area contributed by atoms with E-state index in [4.69, 9.17) is 14.4 Å². The third-order valence-electron chi connectivity index (χ3n) is 6.99. The Kier molecular flexibility index (Phi) is 4.87.